The Kier molecular flexibility index (Phi) is 7.28. The molecular formula is C15H18F6N2O3S. The van der Waals surface area contributed by atoms with Gasteiger partial charge in [-0.1, -0.05) is 25.5 Å². The predicted molar refractivity (Wildman–Crippen MR) is 83.5 cm³/mol. The van der Waals surface area contributed by atoms with E-state index in [1.54, 1.807) is 31.2 Å². The first-order valence-corrected chi connectivity index (χ1v) is 9.26. The number of aryl methyl sites for hydroxylation is 2. The summed E-state index contributed by atoms with van der Waals surface area (Å²) in [6, 6.07) is 7.06. The van der Waals surface area contributed by atoms with E-state index in [0.717, 1.165) is 12.8 Å². The second kappa shape index (κ2) is 8.46. The molecule has 0 aliphatic carbocycles. The molecule has 0 unspecified atom stereocenters. The first-order valence-electron chi connectivity index (χ1n) is 7.86. The largest absolute Gasteiger partial charge is 0.741 e. The van der Waals surface area contributed by atoms with Crippen LogP contribution in [-0.4, -0.2) is 23.0 Å². The lowest BCUT2D eigenvalue weighted by molar-refractivity contribution is -0.692. The first-order chi connectivity index (χ1) is 12.3. The fourth-order valence-corrected chi connectivity index (χ4v) is 2.46. The van der Waals surface area contributed by atoms with Gasteiger partial charge < -0.3 is 4.55 Å². The topological polar surface area (TPSA) is 66.0 Å². The predicted octanol–water partition coefficient (Wildman–Crippen LogP) is 3.82. The highest BCUT2D eigenvalue weighted by Gasteiger charge is 2.46. The van der Waals surface area contributed by atoms with Gasteiger partial charge in [0.05, 0.1) is 13.1 Å². The van der Waals surface area contributed by atoms with Gasteiger partial charge in [-0.3, -0.25) is 0 Å². The van der Waals surface area contributed by atoms with Crippen molar-refractivity contribution in [1.29, 1.82) is 0 Å². The molecule has 2 aromatic rings. The second-order valence-electron chi connectivity index (χ2n) is 5.46. The summed E-state index contributed by atoms with van der Waals surface area (Å²) < 4.78 is 102. The molecule has 0 aliphatic rings. The molecule has 5 nitrogen and oxygen atoms in total. The number of alkyl halides is 6. The average molecular weight is 420 g/mol. The van der Waals surface area contributed by atoms with Crippen LogP contribution >= 0.6 is 0 Å². The molecule has 0 spiro atoms. The van der Waals surface area contributed by atoms with Gasteiger partial charge in [0.2, 0.25) is 0 Å². The number of fused-ring (bicyclic) bond motifs is 1. The van der Waals surface area contributed by atoms with E-state index in [2.05, 4.69) is 0 Å². The quantitative estimate of drug-likeness (QED) is 0.327. The third kappa shape index (κ3) is 5.58. The second-order valence-corrected chi connectivity index (χ2v) is 6.83. The number of para-hydroxylation sites is 2. The normalized spacial score (nSPS) is 12.8. The summed E-state index contributed by atoms with van der Waals surface area (Å²) in [5, 5.41) is 0. The maximum absolute atomic E-state index is 13.3. The molecule has 1 aromatic carbocycles. The average Bonchev–Trinajstić information content (AvgIpc) is 2.85. The molecule has 154 valence electrons. The van der Waals surface area contributed by atoms with Crippen molar-refractivity contribution in [3.8, 4) is 0 Å². The van der Waals surface area contributed by atoms with Crippen LogP contribution in [-0.2, 0) is 29.4 Å². The fraction of sp³-hybridized carbons (Fsp3) is 0.533. The van der Waals surface area contributed by atoms with E-state index in [1.807, 2.05) is 6.92 Å². The number of hydrogen-bond donors (Lipinski definition) is 0. The molecule has 1 heterocycles. The number of halogens is 6. The number of nitrogens with zero attached hydrogens (tertiary/aromatic N) is 2. The van der Waals surface area contributed by atoms with Crippen molar-refractivity contribution >= 4 is 21.2 Å². The molecule has 0 atom stereocenters. The SMILES string of the molecule is CCCC[n+]1c(C(F)(F)F)n(CC)c2ccccc21.O=S(=O)([O-])C(F)(F)F. The van der Waals surface area contributed by atoms with Crippen molar-refractivity contribution in [3.05, 3.63) is 30.1 Å². The smallest absolute Gasteiger partial charge is 0.495 e. The van der Waals surface area contributed by atoms with Crippen LogP contribution in [0.2, 0.25) is 0 Å². The Morgan fingerprint density at radius 2 is 1.59 bits per heavy atom. The number of benzene rings is 1. The van der Waals surface area contributed by atoms with Crippen LogP contribution in [0.1, 0.15) is 32.5 Å². The van der Waals surface area contributed by atoms with Crippen molar-refractivity contribution in [3.63, 3.8) is 0 Å². The van der Waals surface area contributed by atoms with Gasteiger partial charge in [0.15, 0.2) is 21.2 Å². The molecular weight excluding hydrogens is 402 g/mol. The molecule has 0 saturated carbocycles. The zero-order chi connectivity index (χ0) is 21.0. The van der Waals surface area contributed by atoms with Crippen LogP contribution in [0.5, 0.6) is 0 Å². The van der Waals surface area contributed by atoms with Gasteiger partial charge in [-0.15, -0.1) is 0 Å². The Morgan fingerprint density at radius 3 is 2.00 bits per heavy atom. The number of imidazole rings is 1. The maximum atomic E-state index is 13.3. The van der Waals surface area contributed by atoms with Gasteiger partial charge in [0.1, 0.15) is 0 Å². The third-order valence-electron chi connectivity index (χ3n) is 3.56. The molecule has 0 saturated heterocycles. The highest BCUT2D eigenvalue weighted by Crippen LogP contribution is 2.30. The highest BCUT2D eigenvalue weighted by molar-refractivity contribution is 7.86. The molecule has 27 heavy (non-hydrogen) atoms. The molecule has 2 rings (SSSR count). The molecule has 0 aliphatic heterocycles. The van der Waals surface area contributed by atoms with Gasteiger partial charge >= 0.3 is 17.5 Å². The molecule has 0 radical (unpaired) electrons. The molecule has 0 amide bonds. The Labute approximate surface area is 152 Å². The lowest BCUT2D eigenvalue weighted by atomic mass is 10.3. The number of unbranched alkanes of at least 4 members (excludes halogenated alkanes) is 1. The van der Waals surface area contributed by atoms with Crippen molar-refractivity contribution in [1.82, 2.24) is 4.57 Å². The first kappa shape index (κ1) is 23.2. The number of rotatable bonds is 4. The van der Waals surface area contributed by atoms with E-state index >= 15 is 0 Å². The maximum Gasteiger partial charge on any atom is 0.495 e. The van der Waals surface area contributed by atoms with Crippen LogP contribution in [0.3, 0.4) is 0 Å². The summed E-state index contributed by atoms with van der Waals surface area (Å²) in [7, 11) is -6.09. The molecule has 0 bridgehead atoms. The van der Waals surface area contributed by atoms with E-state index in [9.17, 15) is 26.3 Å². The molecule has 0 N–H and O–H groups in total. The number of hydrogen-bond acceptors (Lipinski definition) is 3. The van der Waals surface area contributed by atoms with Gasteiger partial charge in [-0.25, -0.2) is 17.6 Å². The molecule has 0 fully saturated rings. The lowest BCUT2D eigenvalue weighted by Crippen LogP contribution is -2.42. The van der Waals surface area contributed by atoms with Gasteiger partial charge in [0, 0.05) is 0 Å². The zero-order valence-electron chi connectivity index (χ0n) is 14.4. The molecule has 1 aromatic heterocycles. The Morgan fingerprint density at radius 1 is 1.07 bits per heavy atom. The van der Waals surface area contributed by atoms with Crippen LogP contribution in [0.25, 0.3) is 11.0 Å². The zero-order valence-corrected chi connectivity index (χ0v) is 15.2. The minimum atomic E-state index is -6.09. The summed E-state index contributed by atoms with van der Waals surface area (Å²) in [6.07, 6.45) is -2.72. The third-order valence-corrected chi connectivity index (χ3v) is 4.13. The standard InChI is InChI=1S/C14H18F3N2.CHF3O3S/c1-3-5-10-19-12-9-7-6-8-11(12)18(4-2)13(19)14(15,16)17;2-1(3,4)8(5,6)7/h6-9H,3-5,10H2,1-2H3;(H,5,6,7)/q+1;/p-1. The van der Waals surface area contributed by atoms with Crippen LogP contribution < -0.4 is 4.57 Å². The summed E-state index contributed by atoms with van der Waals surface area (Å²) in [5.74, 6) is -0.551. The number of aromatic nitrogens is 2. The fourth-order valence-electron chi connectivity index (χ4n) is 2.46. The summed E-state index contributed by atoms with van der Waals surface area (Å²) >= 11 is 0. The highest BCUT2D eigenvalue weighted by atomic mass is 32.2. The summed E-state index contributed by atoms with van der Waals surface area (Å²) in [6.45, 7) is 4.44. The van der Waals surface area contributed by atoms with E-state index < -0.39 is 27.6 Å². The van der Waals surface area contributed by atoms with E-state index in [4.69, 9.17) is 13.0 Å². The molecule has 12 heteroatoms. The lowest BCUT2D eigenvalue weighted by Gasteiger charge is -2.08. The Bertz CT molecular complexity index is 872. The summed E-state index contributed by atoms with van der Waals surface area (Å²) in [4.78, 5) is 0. The van der Waals surface area contributed by atoms with Crippen molar-refractivity contribution < 1.29 is 43.9 Å². The van der Waals surface area contributed by atoms with Crippen LogP contribution in [0.4, 0.5) is 26.3 Å². The van der Waals surface area contributed by atoms with Gasteiger partial charge in [-0.05, 0) is 25.5 Å². The van der Waals surface area contributed by atoms with Crippen molar-refractivity contribution in [2.45, 2.75) is 51.5 Å². The van der Waals surface area contributed by atoms with E-state index in [1.165, 1.54) is 9.13 Å². The van der Waals surface area contributed by atoms with Gasteiger partial charge in [0.25, 0.3) is 0 Å². The Balaban J connectivity index is 0.000000387. The van der Waals surface area contributed by atoms with E-state index in [-0.39, 0.29) is 0 Å². The monoisotopic (exact) mass is 420 g/mol. The summed E-state index contributed by atoms with van der Waals surface area (Å²) in [5.41, 5.74) is -4.34. The van der Waals surface area contributed by atoms with Crippen LogP contribution in [0, 0.1) is 0 Å². The van der Waals surface area contributed by atoms with Crippen molar-refractivity contribution in [2.24, 2.45) is 0 Å². The minimum absolute atomic E-state index is 0.314. The Hall–Kier alpha value is -1.82. The van der Waals surface area contributed by atoms with E-state index in [0.29, 0.717) is 24.1 Å². The minimum Gasteiger partial charge on any atom is -0.741 e. The van der Waals surface area contributed by atoms with Crippen LogP contribution in [0.15, 0.2) is 24.3 Å². The van der Waals surface area contributed by atoms with Crippen molar-refractivity contribution in [2.75, 3.05) is 0 Å². The van der Waals surface area contributed by atoms with Gasteiger partial charge in [-0.2, -0.15) is 26.3 Å².